The van der Waals surface area contributed by atoms with Crippen molar-refractivity contribution < 1.29 is 57.8 Å². The lowest BCUT2D eigenvalue weighted by molar-refractivity contribution is -0.279. The van der Waals surface area contributed by atoms with Crippen LogP contribution in [0.25, 0.3) is 0 Å². The summed E-state index contributed by atoms with van der Waals surface area (Å²) in [5, 5.41) is 28.4. The Bertz CT molecular complexity index is 412. The lowest BCUT2D eigenvalue weighted by Crippen LogP contribution is -2.59. The Balaban J connectivity index is 2.76. The van der Waals surface area contributed by atoms with Crippen LogP contribution in [-0.4, -0.2) is 72.2 Å². The molecule has 2 unspecified atom stereocenters. The van der Waals surface area contributed by atoms with Crippen molar-refractivity contribution in [3.05, 3.63) is 0 Å². The van der Waals surface area contributed by atoms with Crippen LogP contribution in [0.2, 0.25) is 0 Å². The summed E-state index contributed by atoms with van der Waals surface area (Å²) in [6.07, 6.45) is -9.32. The van der Waals surface area contributed by atoms with Gasteiger partial charge in [0.2, 0.25) is 0 Å². The molecule has 7 N–H and O–H groups in total. The molecule has 0 amide bonds. The molecule has 0 aliphatic carbocycles. The highest BCUT2D eigenvalue weighted by molar-refractivity contribution is 7.46. The first-order valence-electron chi connectivity index (χ1n) is 5.04. The van der Waals surface area contributed by atoms with E-state index >= 15 is 0 Å². The molecular weight excluding hydrogens is 326 g/mol. The summed E-state index contributed by atoms with van der Waals surface area (Å²) in [6.45, 7) is -0.907. The van der Waals surface area contributed by atoms with Gasteiger partial charge < -0.3 is 39.6 Å². The molecule has 1 aliphatic heterocycles. The number of hydrogen-bond acceptors (Lipinski definition) is 8. The molecule has 0 aromatic carbocycles. The average Bonchev–Trinajstić information content (AvgIpc) is 2.25. The van der Waals surface area contributed by atoms with Crippen LogP contribution in [0.5, 0.6) is 0 Å². The van der Waals surface area contributed by atoms with Gasteiger partial charge in [-0.05, 0) is 0 Å². The van der Waals surface area contributed by atoms with Crippen molar-refractivity contribution in [2.45, 2.75) is 30.7 Å². The van der Waals surface area contributed by atoms with E-state index in [1.807, 2.05) is 0 Å². The fourth-order valence-corrected chi connectivity index (χ4v) is 2.23. The number of hydrogen-bond donors (Lipinski definition) is 7. The normalized spacial score (nSPS) is 36.0. The van der Waals surface area contributed by atoms with E-state index in [1.165, 1.54) is 0 Å². The minimum absolute atomic E-state index is 0.907. The van der Waals surface area contributed by atoms with Crippen molar-refractivity contribution in [3.63, 3.8) is 0 Å². The summed E-state index contributed by atoms with van der Waals surface area (Å²) in [4.78, 5) is 34.1. The zero-order valence-electron chi connectivity index (χ0n) is 9.66. The molecule has 0 radical (unpaired) electrons. The predicted molar refractivity (Wildman–Crippen MR) is 57.8 cm³/mol. The molecule has 20 heavy (non-hydrogen) atoms. The molecule has 0 bridgehead atoms. The van der Waals surface area contributed by atoms with E-state index in [0.717, 1.165) is 0 Å². The zero-order chi connectivity index (χ0) is 15.7. The van der Waals surface area contributed by atoms with Gasteiger partial charge in [-0.3, -0.25) is 9.05 Å². The molecule has 0 aromatic rings. The summed E-state index contributed by atoms with van der Waals surface area (Å²) >= 11 is 0. The second kappa shape index (κ2) is 6.44. The summed E-state index contributed by atoms with van der Waals surface area (Å²) in [5.74, 6) is 0. The third-order valence-electron chi connectivity index (χ3n) is 2.32. The fraction of sp³-hybridized carbons (Fsp3) is 1.00. The Labute approximate surface area is 112 Å². The lowest BCUT2D eigenvalue weighted by Gasteiger charge is -2.39. The molecule has 1 rings (SSSR count). The fourth-order valence-electron chi connectivity index (χ4n) is 1.45. The first kappa shape index (κ1) is 18.1. The van der Waals surface area contributed by atoms with Crippen LogP contribution >= 0.6 is 15.6 Å². The summed E-state index contributed by atoms with van der Waals surface area (Å²) in [5.41, 5.74) is 0. The van der Waals surface area contributed by atoms with Crippen LogP contribution in [0.1, 0.15) is 0 Å². The van der Waals surface area contributed by atoms with Crippen molar-refractivity contribution in [3.8, 4) is 0 Å². The highest BCUT2D eigenvalue weighted by atomic mass is 31.2. The van der Waals surface area contributed by atoms with E-state index < -0.39 is 53.0 Å². The van der Waals surface area contributed by atoms with Gasteiger partial charge in [-0.15, -0.1) is 0 Å². The predicted octanol–water partition coefficient (Wildman–Crippen LogP) is -2.99. The second-order valence-corrected chi connectivity index (χ2v) is 6.33. The highest BCUT2D eigenvalue weighted by Crippen LogP contribution is 2.41. The molecular formula is C6H14O12P2. The molecule has 0 spiro atoms. The second-order valence-electron chi connectivity index (χ2n) is 3.90. The van der Waals surface area contributed by atoms with E-state index in [0.29, 0.717) is 0 Å². The maximum absolute atomic E-state index is 10.6. The third-order valence-corrected chi connectivity index (χ3v) is 3.28. The summed E-state index contributed by atoms with van der Waals surface area (Å²) in [7, 11) is -9.95. The van der Waals surface area contributed by atoms with Crippen LogP contribution in [0.4, 0.5) is 0 Å². The minimum Gasteiger partial charge on any atom is -0.387 e. The topological polar surface area (TPSA) is 203 Å². The van der Waals surface area contributed by atoms with Crippen LogP contribution < -0.4 is 0 Å². The van der Waals surface area contributed by atoms with Crippen molar-refractivity contribution in [1.82, 2.24) is 0 Å². The Kier molecular flexibility index (Phi) is 5.83. The van der Waals surface area contributed by atoms with Gasteiger partial charge in [-0.2, -0.15) is 0 Å². The number of ether oxygens (including phenoxy) is 1. The van der Waals surface area contributed by atoms with Gasteiger partial charge in [-0.25, -0.2) is 9.13 Å². The first-order valence-corrected chi connectivity index (χ1v) is 8.10. The molecule has 12 nitrogen and oxygen atoms in total. The van der Waals surface area contributed by atoms with Gasteiger partial charge in [0.15, 0.2) is 6.29 Å². The van der Waals surface area contributed by atoms with Gasteiger partial charge in [0.1, 0.15) is 24.4 Å². The van der Waals surface area contributed by atoms with Crippen molar-refractivity contribution in [2.75, 3.05) is 6.61 Å². The minimum atomic E-state index is -5.07. The van der Waals surface area contributed by atoms with Crippen LogP contribution in [0, 0.1) is 0 Å². The van der Waals surface area contributed by atoms with E-state index in [2.05, 4.69) is 9.05 Å². The standard InChI is InChI=1S/C6H14O12P2/c7-3-2(1-16-19(10,11)12)17-6(5(9)4(3)8)18-20(13,14)15/h2-9H,1H2,(H2,10,11,12)(H2,13,14,15)/t2?,3-,4+,5?,6-/m0/s1. The molecule has 1 heterocycles. The van der Waals surface area contributed by atoms with Crippen molar-refractivity contribution >= 4 is 15.6 Å². The maximum Gasteiger partial charge on any atom is 0.472 e. The Morgan fingerprint density at radius 1 is 0.900 bits per heavy atom. The maximum atomic E-state index is 10.6. The van der Waals surface area contributed by atoms with Crippen molar-refractivity contribution in [2.24, 2.45) is 0 Å². The van der Waals surface area contributed by atoms with Crippen LogP contribution in [-0.2, 0) is 22.9 Å². The average molecular weight is 340 g/mol. The van der Waals surface area contributed by atoms with E-state index in [9.17, 15) is 24.4 Å². The van der Waals surface area contributed by atoms with Gasteiger partial charge in [-0.1, -0.05) is 0 Å². The molecule has 0 saturated carbocycles. The lowest BCUT2D eigenvalue weighted by atomic mass is 10.00. The number of aliphatic hydroxyl groups excluding tert-OH is 3. The number of phosphoric ester groups is 2. The van der Waals surface area contributed by atoms with E-state index in [-0.39, 0.29) is 0 Å². The largest absolute Gasteiger partial charge is 0.472 e. The molecule has 1 saturated heterocycles. The smallest absolute Gasteiger partial charge is 0.387 e. The van der Waals surface area contributed by atoms with Gasteiger partial charge >= 0.3 is 15.6 Å². The van der Waals surface area contributed by atoms with E-state index in [1.54, 1.807) is 0 Å². The quantitative estimate of drug-likeness (QED) is 0.250. The van der Waals surface area contributed by atoms with Gasteiger partial charge in [0.05, 0.1) is 6.61 Å². The monoisotopic (exact) mass is 340 g/mol. The van der Waals surface area contributed by atoms with Gasteiger partial charge in [0.25, 0.3) is 0 Å². The number of rotatable bonds is 5. The third kappa shape index (κ3) is 5.45. The van der Waals surface area contributed by atoms with Crippen LogP contribution in [0.15, 0.2) is 0 Å². The van der Waals surface area contributed by atoms with E-state index in [4.69, 9.17) is 24.3 Å². The summed E-state index contributed by atoms with van der Waals surface area (Å²) in [6, 6.07) is 0. The first-order chi connectivity index (χ1) is 8.91. The highest BCUT2D eigenvalue weighted by Gasteiger charge is 2.47. The summed E-state index contributed by atoms with van der Waals surface area (Å²) < 4.78 is 33.9. The zero-order valence-corrected chi connectivity index (χ0v) is 11.4. The Hall–Kier alpha value is 0.0600. The molecule has 1 aliphatic rings. The molecule has 5 atom stereocenters. The number of phosphoric acid groups is 2. The molecule has 120 valence electrons. The Morgan fingerprint density at radius 3 is 1.90 bits per heavy atom. The molecule has 1 fully saturated rings. The number of aliphatic hydroxyl groups is 3. The molecule has 0 aromatic heterocycles. The van der Waals surface area contributed by atoms with Crippen molar-refractivity contribution in [1.29, 1.82) is 0 Å². The Morgan fingerprint density at radius 2 is 1.45 bits per heavy atom. The van der Waals surface area contributed by atoms with Crippen LogP contribution in [0.3, 0.4) is 0 Å². The SMILES string of the molecule is O=P(O)(O)OCC1O[C@@H](OP(=O)(O)O)C(O)[C@H](O)[C@H]1O. The molecule has 14 heteroatoms. The van der Waals surface area contributed by atoms with Gasteiger partial charge in [0, 0.05) is 0 Å².